The number of aliphatic hydroxyl groups is 1. The van der Waals surface area contributed by atoms with Crippen LogP contribution in [0.15, 0.2) is 23.6 Å². The molecule has 1 aromatic heterocycles. The number of thiophene rings is 1. The average molecular weight is 209 g/mol. The predicted octanol–water partition coefficient (Wildman–Crippen LogP) is 2.30. The summed E-state index contributed by atoms with van der Waals surface area (Å²) in [6, 6.07) is 4.89. The Morgan fingerprint density at radius 1 is 1.50 bits per heavy atom. The van der Waals surface area contributed by atoms with Crippen LogP contribution in [0, 0.1) is 10.1 Å². The van der Waals surface area contributed by atoms with Gasteiger partial charge in [0.2, 0.25) is 0 Å². The molecule has 0 spiro atoms. The maximum Gasteiger partial charge on any atom is 0.287 e. The molecule has 4 nitrogen and oxygen atoms in total. The fraction of sp³-hybridized carbons (Fsp3) is 0.111. The van der Waals surface area contributed by atoms with E-state index in [1.807, 2.05) is 0 Å². The smallest absolute Gasteiger partial charge is 0.287 e. The van der Waals surface area contributed by atoms with Crippen molar-refractivity contribution < 1.29 is 10.0 Å². The van der Waals surface area contributed by atoms with Crippen LogP contribution < -0.4 is 0 Å². The van der Waals surface area contributed by atoms with Crippen molar-refractivity contribution in [3.63, 3.8) is 0 Å². The summed E-state index contributed by atoms with van der Waals surface area (Å²) in [4.78, 5) is 10.3. The molecule has 0 radical (unpaired) electrons. The molecule has 0 aliphatic carbocycles. The fourth-order valence-electron chi connectivity index (χ4n) is 1.36. The maximum absolute atomic E-state index is 10.7. The lowest BCUT2D eigenvalue weighted by Gasteiger charge is -1.94. The molecule has 0 bridgehead atoms. The molecule has 0 atom stereocenters. The molecule has 0 aliphatic heterocycles. The second kappa shape index (κ2) is 3.36. The third-order valence-electron chi connectivity index (χ3n) is 2.03. The fourth-order valence-corrected chi connectivity index (χ4v) is 2.41. The van der Waals surface area contributed by atoms with Gasteiger partial charge in [0.1, 0.15) is 4.70 Å². The van der Waals surface area contributed by atoms with Gasteiger partial charge in [-0.25, -0.2) is 0 Å². The van der Waals surface area contributed by atoms with Gasteiger partial charge >= 0.3 is 0 Å². The summed E-state index contributed by atoms with van der Waals surface area (Å²) < 4.78 is 0.626. The van der Waals surface area contributed by atoms with E-state index in [9.17, 15) is 10.1 Å². The number of rotatable bonds is 2. The average Bonchev–Trinajstić information content (AvgIpc) is 2.59. The summed E-state index contributed by atoms with van der Waals surface area (Å²) in [5, 5.41) is 22.2. The van der Waals surface area contributed by atoms with Gasteiger partial charge in [-0.3, -0.25) is 10.1 Å². The van der Waals surface area contributed by atoms with Gasteiger partial charge in [0.05, 0.1) is 11.5 Å². The number of fused-ring (bicyclic) bond motifs is 1. The minimum atomic E-state index is -0.403. The maximum atomic E-state index is 10.7. The van der Waals surface area contributed by atoms with E-state index in [1.165, 1.54) is 17.4 Å². The standard InChI is InChI=1S/C9H7NO3S/c11-4-6-5-14-9-7(6)2-1-3-8(9)10(12)13/h1-3,5,11H,4H2. The quantitative estimate of drug-likeness (QED) is 0.609. The van der Waals surface area contributed by atoms with Crippen molar-refractivity contribution >= 4 is 27.1 Å². The lowest BCUT2D eigenvalue weighted by Crippen LogP contribution is -1.87. The van der Waals surface area contributed by atoms with Crippen molar-refractivity contribution in [2.75, 3.05) is 0 Å². The molecule has 1 heterocycles. The first-order valence-electron chi connectivity index (χ1n) is 3.98. The summed E-state index contributed by atoms with van der Waals surface area (Å²) in [6.45, 7) is -0.0822. The van der Waals surface area contributed by atoms with E-state index in [-0.39, 0.29) is 12.3 Å². The molecular formula is C9H7NO3S. The molecule has 0 amide bonds. The van der Waals surface area contributed by atoms with E-state index < -0.39 is 4.92 Å². The van der Waals surface area contributed by atoms with Gasteiger partial charge in [-0.15, -0.1) is 11.3 Å². The van der Waals surface area contributed by atoms with Gasteiger partial charge in [0, 0.05) is 11.5 Å². The van der Waals surface area contributed by atoms with E-state index >= 15 is 0 Å². The van der Waals surface area contributed by atoms with Crippen molar-refractivity contribution in [2.24, 2.45) is 0 Å². The molecular weight excluding hydrogens is 202 g/mol. The zero-order valence-electron chi connectivity index (χ0n) is 7.14. The van der Waals surface area contributed by atoms with Crippen molar-refractivity contribution in [1.29, 1.82) is 0 Å². The molecule has 72 valence electrons. The highest BCUT2D eigenvalue weighted by molar-refractivity contribution is 7.18. The van der Waals surface area contributed by atoms with Crippen LogP contribution in [0.1, 0.15) is 5.56 Å². The summed E-state index contributed by atoms with van der Waals surface area (Å²) in [5.74, 6) is 0. The third-order valence-corrected chi connectivity index (χ3v) is 3.09. The molecule has 2 aromatic rings. The zero-order chi connectivity index (χ0) is 10.1. The van der Waals surface area contributed by atoms with E-state index in [4.69, 9.17) is 5.11 Å². The van der Waals surface area contributed by atoms with E-state index in [0.717, 1.165) is 10.9 Å². The molecule has 0 saturated carbocycles. The summed E-state index contributed by atoms with van der Waals surface area (Å²) in [7, 11) is 0. The Bertz CT molecular complexity index is 492. The van der Waals surface area contributed by atoms with Gasteiger partial charge in [0.15, 0.2) is 0 Å². The molecule has 14 heavy (non-hydrogen) atoms. The number of non-ortho nitro benzene ring substituents is 1. The van der Waals surface area contributed by atoms with E-state index in [2.05, 4.69) is 0 Å². The predicted molar refractivity (Wildman–Crippen MR) is 54.4 cm³/mol. The number of nitro benzene ring substituents is 1. The summed E-state index contributed by atoms with van der Waals surface area (Å²) in [6.07, 6.45) is 0. The van der Waals surface area contributed by atoms with E-state index in [0.29, 0.717) is 4.70 Å². The van der Waals surface area contributed by atoms with Crippen LogP contribution in [-0.4, -0.2) is 10.0 Å². The molecule has 1 N–H and O–H groups in total. The first-order valence-corrected chi connectivity index (χ1v) is 4.86. The zero-order valence-corrected chi connectivity index (χ0v) is 7.95. The van der Waals surface area contributed by atoms with Crippen LogP contribution in [0.25, 0.3) is 10.1 Å². The van der Waals surface area contributed by atoms with Crippen LogP contribution in [0.5, 0.6) is 0 Å². The summed E-state index contributed by atoms with van der Waals surface area (Å²) in [5.41, 5.74) is 0.848. The molecule has 1 aromatic carbocycles. The molecule has 0 saturated heterocycles. The number of aliphatic hydroxyl groups excluding tert-OH is 1. The minimum absolute atomic E-state index is 0.0822. The van der Waals surface area contributed by atoms with Gasteiger partial charge in [-0.1, -0.05) is 12.1 Å². The van der Waals surface area contributed by atoms with Crippen molar-refractivity contribution in [2.45, 2.75) is 6.61 Å². The molecule has 0 unspecified atom stereocenters. The van der Waals surface area contributed by atoms with Gasteiger partial charge in [0.25, 0.3) is 5.69 Å². The van der Waals surface area contributed by atoms with Gasteiger partial charge in [-0.05, 0) is 10.9 Å². The highest BCUT2D eigenvalue weighted by Gasteiger charge is 2.14. The van der Waals surface area contributed by atoms with Crippen LogP contribution in [0.4, 0.5) is 5.69 Å². The molecule has 2 rings (SSSR count). The van der Waals surface area contributed by atoms with Crippen molar-refractivity contribution in [3.8, 4) is 0 Å². The highest BCUT2D eigenvalue weighted by atomic mass is 32.1. The number of nitro groups is 1. The Balaban J connectivity index is 2.76. The second-order valence-electron chi connectivity index (χ2n) is 2.83. The normalized spacial score (nSPS) is 10.6. The highest BCUT2D eigenvalue weighted by Crippen LogP contribution is 2.33. The van der Waals surface area contributed by atoms with Crippen LogP contribution >= 0.6 is 11.3 Å². The largest absolute Gasteiger partial charge is 0.392 e. The van der Waals surface area contributed by atoms with Crippen LogP contribution in [-0.2, 0) is 6.61 Å². The van der Waals surface area contributed by atoms with Crippen LogP contribution in [0.2, 0.25) is 0 Å². The first kappa shape index (κ1) is 9.11. The lowest BCUT2D eigenvalue weighted by molar-refractivity contribution is -0.382. The minimum Gasteiger partial charge on any atom is -0.392 e. The summed E-state index contributed by atoms with van der Waals surface area (Å²) >= 11 is 1.29. The van der Waals surface area contributed by atoms with E-state index in [1.54, 1.807) is 17.5 Å². The Hall–Kier alpha value is -1.46. The molecule has 0 fully saturated rings. The van der Waals surface area contributed by atoms with Gasteiger partial charge in [-0.2, -0.15) is 0 Å². The topological polar surface area (TPSA) is 63.4 Å². The van der Waals surface area contributed by atoms with Gasteiger partial charge < -0.3 is 5.11 Å². The lowest BCUT2D eigenvalue weighted by atomic mass is 10.2. The number of nitrogens with zero attached hydrogens (tertiary/aromatic N) is 1. The number of hydrogen-bond donors (Lipinski definition) is 1. The monoisotopic (exact) mass is 209 g/mol. The SMILES string of the molecule is O=[N+]([O-])c1cccc2c(CO)csc12. The van der Waals surface area contributed by atoms with Crippen LogP contribution in [0.3, 0.4) is 0 Å². The first-order chi connectivity index (χ1) is 6.74. The Morgan fingerprint density at radius 2 is 2.29 bits per heavy atom. The second-order valence-corrected chi connectivity index (χ2v) is 3.71. The van der Waals surface area contributed by atoms with Crippen molar-refractivity contribution in [1.82, 2.24) is 0 Å². The number of benzene rings is 1. The molecule has 0 aliphatic rings. The Labute approximate surface area is 83.6 Å². The van der Waals surface area contributed by atoms with Crippen molar-refractivity contribution in [3.05, 3.63) is 39.3 Å². The Kier molecular flexibility index (Phi) is 2.18. The molecule has 5 heteroatoms. The Morgan fingerprint density at radius 3 is 2.93 bits per heavy atom. The number of hydrogen-bond acceptors (Lipinski definition) is 4. The third kappa shape index (κ3) is 1.26.